The molecule has 0 bridgehead atoms. The number of esters is 1. The number of carbonyl (C=O) groups is 2. The van der Waals surface area contributed by atoms with Crippen LogP contribution in [0.3, 0.4) is 0 Å². The maximum atomic E-state index is 11.8. The van der Waals surface area contributed by atoms with Gasteiger partial charge in [-0.25, -0.2) is 4.79 Å². The fourth-order valence-corrected chi connectivity index (χ4v) is 2.36. The Hall–Kier alpha value is -2.04. The van der Waals surface area contributed by atoms with Crippen LogP contribution in [0.4, 0.5) is 5.69 Å². The van der Waals surface area contributed by atoms with Crippen molar-refractivity contribution >= 4 is 17.6 Å². The van der Waals surface area contributed by atoms with Gasteiger partial charge in [-0.1, -0.05) is 12.8 Å². The summed E-state index contributed by atoms with van der Waals surface area (Å²) in [7, 11) is 0. The third-order valence-electron chi connectivity index (χ3n) is 3.56. The molecule has 1 aliphatic rings. The number of benzene rings is 1. The lowest BCUT2D eigenvalue weighted by molar-refractivity contribution is -0.124. The van der Waals surface area contributed by atoms with E-state index >= 15 is 0 Å². The van der Waals surface area contributed by atoms with Crippen LogP contribution in [0.1, 0.15) is 41.6 Å². The molecule has 0 aliphatic heterocycles. The lowest BCUT2D eigenvalue weighted by Gasteiger charge is -2.12. The number of carbonyl (C=O) groups excluding carboxylic acids is 2. The van der Waals surface area contributed by atoms with Gasteiger partial charge in [0.2, 0.25) is 0 Å². The maximum absolute atomic E-state index is 11.8. The molecule has 0 saturated heterocycles. The quantitative estimate of drug-likeness (QED) is 0.649. The molecule has 0 spiro atoms. The first-order valence-corrected chi connectivity index (χ1v) is 6.89. The zero-order valence-corrected chi connectivity index (χ0v) is 11.6. The standard InChI is InChI=1S/C15H20N2O3/c1-10-8-11(6-7-13(10)16)15(19)20-9-14(18)17-12-4-2-3-5-12/h6-8,12H,2-5,9,16H2,1H3,(H,17,18). The van der Waals surface area contributed by atoms with Crippen molar-refractivity contribution in [1.82, 2.24) is 5.32 Å². The van der Waals surface area contributed by atoms with Crippen molar-refractivity contribution in [3.63, 3.8) is 0 Å². The number of hydrogen-bond donors (Lipinski definition) is 2. The lowest BCUT2D eigenvalue weighted by atomic mass is 10.1. The lowest BCUT2D eigenvalue weighted by Crippen LogP contribution is -2.35. The molecule has 108 valence electrons. The summed E-state index contributed by atoms with van der Waals surface area (Å²) < 4.78 is 5.00. The summed E-state index contributed by atoms with van der Waals surface area (Å²) in [5.74, 6) is -0.743. The molecule has 0 heterocycles. The zero-order chi connectivity index (χ0) is 14.5. The molecule has 0 radical (unpaired) electrons. The van der Waals surface area contributed by atoms with Crippen LogP contribution >= 0.6 is 0 Å². The van der Waals surface area contributed by atoms with E-state index in [-0.39, 0.29) is 18.6 Å². The van der Waals surface area contributed by atoms with Gasteiger partial charge < -0.3 is 15.8 Å². The van der Waals surface area contributed by atoms with Gasteiger partial charge in [-0.3, -0.25) is 4.79 Å². The Labute approximate surface area is 118 Å². The molecule has 0 unspecified atom stereocenters. The average molecular weight is 276 g/mol. The molecular weight excluding hydrogens is 256 g/mol. The van der Waals surface area contributed by atoms with E-state index in [1.54, 1.807) is 18.2 Å². The first kappa shape index (κ1) is 14.4. The molecule has 0 aromatic heterocycles. The molecule has 1 aliphatic carbocycles. The van der Waals surface area contributed by atoms with Gasteiger partial charge in [0, 0.05) is 11.7 Å². The molecule has 0 atom stereocenters. The number of nitrogens with one attached hydrogen (secondary N) is 1. The summed E-state index contributed by atoms with van der Waals surface area (Å²) in [6.45, 7) is 1.58. The molecule has 2 rings (SSSR count). The molecule has 1 aromatic rings. The summed E-state index contributed by atoms with van der Waals surface area (Å²) in [4.78, 5) is 23.5. The second kappa shape index (κ2) is 6.41. The second-order valence-corrected chi connectivity index (χ2v) is 5.20. The van der Waals surface area contributed by atoms with Gasteiger partial charge in [0.1, 0.15) is 0 Å². The predicted octanol–water partition coefficient (Wildman–Crippen LogP) is 1.79. The number of aryl methyl sites for hydroxylation is 1. The highest BCUT2D eigenvalue weighted by Gasteiger charge is 2.18. The molecule has 20 heavy (non-hydrogen) atoms. The zero-order valence-electron chi connectivity index (χ0n) is 11.6. The SMILES string of the molecule is Cc1cc(C(=O)OCC(=O)NC2CCCC2)ccc1N. The van der Waals surface area contributed by atoms with Crippen LogP contribution in [0, 0.1) is 6.92 Å². The number of rotatable bonds is 4. The van der Waals surface area contributed by atoms with Crippen LogP contribution in [0.5, 0.6) is 0 Å². The smallest absolute Gasteiger partial charge is 0.338 e. The molecule has 1 saturated carbocycles. The van der Waals surface area contributed by atoms with Gasteiger partial charge in [0.25, 0.3) is 5.91 Å². The maximum Gasteiger partial charge on any atom is 0.338 e. The Morgan fingerprint density at radius 1 is 1.35 bits per heavy atom. The Morgan fingerprint density at radius 2 is 2.05 bits per heavy atom. The molecule has 1 fully saturated rings. The highest BCUT2D eigenvalue weighted by Crippen LogP contribution is 2.17. The van der Waals surface area contributed by atoms with Crippen LogP contribution in [-0.2, 0) is 9.53 Å². The van der Waals surface area contributed by atoms with E-state index in [4.69, 9.17) is 10.5 Å². The van der Waals surface area contributed by atoms with Crippen LogP contribution in [0.15, 0.2) is 18.2 Å². The van der Waals surface area contributed by atoms with Crippen molar-refractivity contribution in [3.8, 4) is 0 Å². The highest BCUT2D eigenvalue weighted by molar-refractivity contribution is 5.92. The fourth-order valence-electron chi connectivity index (χ4n) is 2.36. The van der Waals surface area contributed by atoms with Crippen LogP contribution in [-0.4, -0.2) is 24.5 Å². The topological polar surface area (TPSA) is 81.4 Å². The van der Waals surface area contributed by atoms with Gasteiger partial charge in [-0.2, -0.15) is 0 Å². The van der Waals surface area contributed by atoms with E-state index in [1.165, 1.54) is 0 Å². The Bertz CT molecular complexity index is 508. The van der Waals surface area contributed by atoms with Crippen molar-refractivity contribution in [2.45, 2.75) is 38.6 Å². The van der Waals surface area contributed by atoms with E-state index in [0.717, 1.165) is 31.2 Å². The van der Waals surface area contributed by atoms with Gasteiger partial charge in [0.05, 0.1) is 5.56 Å². The summed E-state index contributed by atoms with van der Waals surface area (Å²) in [5.41, 5.74) is 7.53. The summed E-state index contributed by atoms with van der Waals surface area (Å²) >= 11 is 0. The second-order valence-electron chi connectivity index (χ2n) is 5.20. The van der Waals surface area contributed by atoms with E-state index in [9.17, 15) is 9.59 Å². The molecule has 1 amide bonds. The Morgan fingerprint density at radius 3 is 2.70 bits per heavy atom. The largest absolute Gasteiger partial charge is 0.452 e. The number of ether oxygens (including phenoxy) is 1. The number of nitrogen functional groups attached to an aromatic ring is 1. The summed E-state index contributed by atoms with van der Waals surface area (Å²) in [6.07, 6.45) is 4.32. The summed E-state index contributed by atoms with van der Waals surface area (Å²) in [5, 5.41) is 2.87. The number of amides is 1. The first-order chi connectivity index (χ1) is 9.56. The molecule has 5 nitrogen and oxygen atoms in total. The minimum absolute atomic E-state index is 0.236. The number of anilines is 1. The van der Waals surface area contributed by atoms with E-state index in [2.05, 4.69) is 5.32 Å². The number of nitrogens with two attached hydrogens (primary N) is 1. The predicted molar refractivity (Wildman–Crippen MR) is 76.3 cm³/mol. The minimum atomic E-state index is -0.505. The van der Waals surface area contributed by atoms with E-state index in [1.807, 2.05) is 6.92 Å². The number of hydrogen-bond acceptors (Lipinski definition) is 4. The van der Waals surface area contributed by atoms with Crippen LogP contribution in [0.2, 0.25) is 0 Å². The van der Waals surface area contributed by atoms with Crippen molar-refractivity contribution in [1.29, 1.82) is 0 Å². The molecule has 5 heteroatoms. The third-order valence-corrected chi connectivity index (χ3v) is 3.56. The monoisotopic (exact) mass is 276 g/mol. The van der Waals surface area contributed by atoms with Crippen molar-refractivity contribution in [3.05, 3.63) is 29.3 Å². The van der Waals surface area contributed by atoms with Crippen molar-refractivity contribution in [2.75, 3.05) is 12.3 Å². The third kappa shape index (κ3) is 3.73. The first-order valence-electron chi connectivity index (χ1n) is 6.89. The Balaban J connectivity index is 1.81. The van der Waals surface area contributed by atoms with Crippen LogP contribution < -0.4 is 11.1 Å². The van der Waals surface area contributed by atoms with Crippen LogP contribution in [0.25, 0.3) is 0 Å². The summed E-state index contributed by atoms with van der Waals surface area (Å²) in [6, 6.07) is 5.15. The minimum Gasteiger partial charge on any atom is -0.452 e. The molecule has 1 aromatic carbocycles. The van der Waals surface area contributed by atoms with Gasteiger partial charge in [-0.05, 0) is 43.5 Å². The highest BCUT2D eigenvalue weighted by atomic mass is 16.5. The molecular formula is C15H20N2O3. The van der Waals surface area contributed by atoms with Gasteiger partial charge in [-0.15, -0.1) is 0 Å². The fraction of sp³-hybridized carbons (Fsp3) is 0.467. The van der Waals surface area contributed by atoms with Gasteiger partial charge >= 0.3 is 5.97 Å². The average Bonchev–Trinajstić information content (AvgIpc) is 2.92. The Kier molecular flexibility index (Phi) is 4.61. The normalized spacial score (nSPS) is 15.1. The van der Waals surface area contributed by atoms with Crippen molar-refractivity contribution in [2.24, 2.45) is 0 Å². The van der Waals surface area contributed by atoms with Gasteiger partial charge in [0.15, 0.2) is 6.61 Å². The van der Waals surface area contributed by atoms with E-state index < -0.39 is 5.97 Å². The molecule has 3 N–H and O–H groups in total. The van der Waals surface area contributed by atoms with E-state index in [0.29, 0.717) is 11.3 Å². The van der Waals surface area contributed by atoms with Crippen molar-refractivity contribution < 1.29 is 14.3 Å².